The molecule has 0 aliphatic carbocycles. The van der Waals surface area contributed by atoms with Gasteiger partial charge in [-0.05, 0) is 40.4 Å². The van der Waals surface area contributed by atoms with Crippen LogP contribution >= 0.6 is 11.3 Å². The molecule has 2 heterocycles. The number of thiophene rings is 1. The molecule has 1 aromatic carbocycles. The summed E-state index contributed by atoms with van der Waals surface area (Å²) in [5.74, 6) is 1.42. The predicted molar refractivity (Wildman–Crippen MR) is 80.2 cm³/mol. The maximum Gasteiger partial charge on any atom is 0.224 e. The summed E-state index contributed by atoms with van der Waals surface area (Å²) in [5, 5.41) is 7.02. The zero-order chi connectivity index (χ0) is 13.8. The fraction of sp³-hybridized carbons (Fsp3) is 0.312. The Labute approximate surface area is 122 Å². The Morgan fingerprint density at radius 3 is 3.10 bits per heavy atom. The summed E-state index contributed by atoms with van der Waals surface area (Å²) >= 11 is 1.62. The summed E-state index contributed by atoms with van der Waals surface area (Å²) in [5.41, 5.74) is 2.31. The minimum absolute atomic E-state index is 0.0854. The van der Waals surface area contributed by atoms with Crippen molar-refractivity contribution in [1.82, 2.24) is 5.32 Å². The first-order valence-electron chi connectivity index (χ1n) is 6.80. The van der Waals surface area contributed by atoms with Crippen LogP contribution in [0, 0.1) is 5.92 Å². The van der Waals surface area contributed by atoms with Crippen LogP contribution in [0.3, 0.4) is 0 Å². The highest BCUT2D eigenvalue weighted by Gasteiger charge is 2.19. The van der Waals surface area contributed by atoms with Gasteiger partial charge in [-0.3, -0.25) is 4.79 Å². The number of fused-ring (bicyclic) bond motifs is 1. The lowest BCUT2D eigenvalue weighted by Gasteiger charge is -2.25. The number of ether oxygens (including phenoxy) is 1. The third-order valence-corrected chi connectivity index (χ3v) is 4.22. The fourth-order valence-electron chi connectivity index (χ4n) is 2.42. The standard InChI is InChI=1S/C16H17NO2S/c18-16(8-12-5-6-20-11-12)17-9-13-7-14-3-1-2-4-15(14)19-10-13/h1-6,11,13H,7-10H2,(H,17,18)/t13-/m1/s1. The van der Waals surface area contributed by atoms with Gasteiger partial charge < -0.3 is 10.1 Å². The van der Waals surface area contributed by atoms with Crippen molar-refractivity contribution in [3.8, 4) is 5.75 Å². The highest BCUT2D eigenvalue weighted by molar-refractivity contribution is 7.07. The largest absolute Gasteiger partial charge is 0.493 e. The van der Waals surface area contributed by atoms with Crippen molar-refractivity contribution in [2.75, 3.05) is 13.2 Å². The van der Waals surface area contributed by atoms with E-state index in [9.17, 15) is 4.79 Å². The molecule has 1 atom stereocenters. The average Bonchev–Trinajstić information content (AvgIpc) is 2.98. The fourth-order valence-corrected chi connectivity index (χ4v) is 3.09. The first kappa shape index (κ1) is 13.2. The summed E-state index contributed by atoms with van der Waals surface area (Å²) in [4.78, 5) is 11.9. The van der Waals surface area contributed by atoms with Crippen molar-refractivity contribution in [1.29, 1.82) is 0 Å². The van der Waals surface area contributed by atoms with E-state index in [1.165, 1.54) is 5.56 Å². The van der Waals surface area contributed by atoms with E-state index < -0.39 is 0 Å². The number of hydrogen-bond donors (Lipinski definition) is 1. The number of carbonyl (C=O) groups excluding carboxylic acids is 1. The second-order valence-electron chi connectivity index (χ2n) is 5.10. The Morgan fingerprint density at radius 2 is 2.25 bits per heavy atom. The second-order valence-corrected chi connectivity index (χ2v) is 5.88. The molecular weight excluding hydrogens is 270 g/mol. The Kier molecular flexibility index (Phi) is 4.02. The van der Waals surface area contributed by atoms with Crippen molar-refractivity contribution in [2.24, 2.45) is 5.92 Å². The Morgan fingerprint density at radius 1 is 1.35 bits per heavy atom. The number of rotatable bonds is 4. The lowest BCUT2D eigenvalue weighted by Crippen LogP contribution is -2.35. The molecule has 1 amide bonds. The molecule has 2 aromatic rings. The zero-order valence-electron chi connectivity index (χ0n) is 11.2. The zero-order valence-corrected chi connectivity index (χ0v) is 12.0. The Bertz CT molecular complexity index is 580. The maximum absolute atomic E-state index is 11.9. The lowest BCUT2D eigenvalue weighted by atomic mass is 9.97. The van der Waals surface area contributed by atoms with Gasteiger partial charge in [-0.1, -0.05) is 18.2 Å². The van der Waals surface area contributed by atoms with E-state index in [-0.39, 0.29) is 5.91 Å². The number of benzene rings is 1. The predicted octanol–water partition coefficient (Wildman–Crippen LogP) is 2.66. The molecule has 104 valence electrons. The van der Waals surface area contributed by atoms with Crippen LogP contribution in [0.25, 0.3) is 0 Å². The van der Waals surface area contributed by atoms with Gasteiger partial charge in [-0.2, -0.15) is 11.3 Å². The van der Waals surface area contributed by atoms with Crippen LogP contribution in [0.15, 0.2) is 41.1 Å². The van der Waals surface area contributed by atoms with Gasteiger partial charge in [0.1, 0.15) is 5.75 Å². The quantitative estimate of drug-likeness (QED) is 0.939. The van der Waals surface area contributed by atoms with E-state index in [2.05, 4.69) is 11.4 Å². The Hall–Kier alpha value is -1.81. The first-order valence-corrected chi connectivity index (χ1v) is 7.74. The molecule has 4 heteroatoms. The summed E-state index contributed by atoms with van der Waals surface area (Å²) < 4.78 is 5.72. The number of amides is 1. The van der Waals surface area contributed by atoms with Gasteiger partial charge in [0, 0.05) is 12.5 Å². The maximum atomic E-state index is 11.9. The van der Waals surface area contributed by atoms with E-state index >= 15 is 0 Å². The van der Waals surface area contributed by atoms with E-state index in [1.54, 1.807) is 11.3 Å². The number of carbonyl (C=O) groups is 1. The summed E-state index contributed by atoms with van der Waals surface area (Å²) in [7, 11) is 0. The summed E-state index contributed by atoms with van der Waals surface area (Å²) in [6.07, 6.45) is 1.43. The molecule has 1 N–H and O–H groups in total. The van der Waals surface area contributed by atoms with E-state index in [4.69, 9.17) is 4.74 Å². The smallest absolute Gasteiger partial charge is 0.224 e. The van der Waals surface area contributed by atoms with Crippen LogP contribution in [0.5, 0.6) is 5.75 Å². The van der Waals surface area contributed by atoms with Crippen molar-refractivity contribution < 1.29 is 9.53 Å². The molecule has 20 heavy (non-hydrogen) atoms. The summed E-state index contributed by atoms with van der Waals surface area (Å²) in [6, 6.07) is 10.1. The molecule has 3 nitrogen and oxygen atoms in total. The molecule has 0 bridgehead atoms. The minimum atomic E-state index is 0.0854. The van der Waals surface area contributed by atoms with Crippen molar-refractivity contribution in [2.45, 2.75) is 12.8 Å². The van der Waals surface area contributed by atoms with E-state index in [0.29, 0.717) is 25.5 Å². The van der Waals surface area contributed by atoms with Crippen LogP contribution in [-0.4, -0.2) is 19.1 Å². The monoisotopic (exact) mass is 287 g/mol. The van der Waals surface area contributed by atoms with Gasteiger partial charge >= 0.3 is 0 Å². The topological polar surface area (TPSA) is 38.3 Å². The number of para-hydroxylation sites is 1. The molecule has 0 unspecified atom stereocenters. The van der Waals surface area contributed by atoms with Crippen molar-refractivity contribution >= 4 is 17.2 Å². The summed E-state index contributed by atoms with van der Waals surface area (Å²) in [6.45, 7) is 1.35. The van der Waals surface area contributed by atoms with Gasteiger partial charge in [0.15, 0.2) is 0 Å². The van der Waals surface area contributed by atoms with Crippen molar-refractivity contribution in [3.05, 3.63) is 52.2 Å². The third-order valence-electron chi connectivity index (χ3n) is 3.49. The lowest BCUT2D eigenvalue weighted by molar-refractivity contribution is -0.120. The number of nitrogens with one attached hydrogen (secondary N) is 1. The van der Waals surface area contributed by atoms with Gasteiger partial charge in [0.25, 0.3) is 0 Å². The molecule has 1 aromatic heterocycles. The van der Waals surface area contributed by atoms with Crippen LogP contribution in [0.1, 0.15) is 11.1 Å². The Balaban J connectivity index is 1.49. The van der Waals surface area contributed by atoms with Crippen LogP contribution in [-0.2, 0) is 17.6 Å². The average molecular weight is 287 g/mol. The van der Waals surface area contributed by atoms with Gasteiger partial charge in [-0.25, -0.2) is 0 Å². The molecule has 0 saturated heterocycles. The van der Waals surface area contributed by atoms with E-state index in [1.807, 2.05) is 35.0 Å². The van der Waals surface area contributed by atoms with Gasteiger partial charge in [0.2, 0.25) is 5.91 Å². The molecule has 1 aliphatic heterocycles. The van der Waals surface area contributed by atoms with Crippen LogP contribution < -0.4 is 10.1 Å². The van der Waals surface area contributed by atoms with Crippen LogP contribution in [0.4, 0.5) is 0 Å². The molecule has 0 radical (unpaired) electrons. The molecular formula is C16H17NO2S. The van der Waals surface area contributed by atoms with E-state index in [0.717, 1.165) is 17.7 Å². The SMILES string of the molecule is O=C(Cc1ccsc1)NC[C@@H]1COc2ccccc2C1. The minimum Gasteiger partial charge on any atom is -0.493 e. The molecule has 1 aliphatic rings. The van der Waals surface area contributed by atoms with Gasteiger partial charge in [-0.15, -0.1) is 0 Å². The molecule has 0 saturated carbocycles. The molecule has 0 spiro atoms. The normalized spacial score (nSPS) is 17.1. The number of hydrogen-bond acceptors (Lipinski definition) is 3. The van der Waals surface area contributed by atoms with Gasteiger partial charge in [0.05, 0.1) is 13.0 Å². The molecule has 0 fully saturated rings. The highest BCUT2D eigenvalue weighted by atomic mass is 32.1. The molecule has 3 rings (SSSR count). The highest BCUT2D eigenvalue weighted by Crippen LogP contribution is 2.26. The third kappa shape index (κ3) is 3.20. The second kappa shape index (κ2) is 6.09. The first-order chi connectivity index (χ1) is 9.81. The van der Waals surface area contributed by atoms with Crippen molar-refractivity contribution in [3.63, 3.8) is 0 Å². The van der Waals surface area contributed by atoms with Crippen LogP contribution in [0.2, 0.25) is 0 Å².